The number of fused-ring (bicyclic) bond motifs is 5. The predicted octanol–water partition coefficient (Wildman–Crippen LogP) is 4.89. The zero-order valence-corrected chi connectivity index (χ0v) is 17.7. The predicted molar refractivity (Wildman–Crippen MR) is 107 cm³/mol. The molecule has 1 N–H and O–H groups in total. The second-order valence-corrected chi connectivity index (χ2v) is 10.9. The van der Waals surface area contributed by atoms with Gasteiger partial charge in [-0.05, 0) is 67.1 Å². The number of ketones is 2. The third kappa shape index (κ3) is 2.81. The third-order valence-corrected chi connectivity index (χ3v) is 9.82. The van der Waals surface area contributed by atoms with Crippen molar-refractivity contribution in [1.82, 2.24) is 0 Å². The van der Waals surface area contributed by atoms with Crippen molar-refractivity contribution in [2.45, 2.75) is 85.0 Å². The van der Waals surface area contributed by atoms with E-state index in [0.717, 1.165) is 25.7 Å². The molecule has 0 aromatic rings. The monoisotopic (exact) mass is 388 g/mol. The number of Topliss-reactive ketones (excluding diaryl/α,β-unsaturated/α-hetero) is 2. The Bertz CT molecular complexity index is 684. The summed E-state index contributed by atoms with van der Waals surface area (Å²) in [5.41, 5.74) is -0.284. The summed E-state index contributed by atoms with van der Waals surface area (Å²) in [4.78, 5) is 38.0. The molecule has 156 valence electrons. The number of hydrogen-bond donors (Lipinski definition) is 1. The zero-order valence-electron chi connectivity index (χ0n) is 17.7. The van der Waals surface area contributed by atoms with E-state index in [0.29, 0.717) is 30.3 Å². The van der Waals surface area contributed by atoms with Crippen LogP contribution in [0.3, 0.4) is 0 Å². The number of carbonyl (C=O) groups is 3. The summed E-state index contributed by atoms with van der Waals surface area (Å²) in [7, 11) is 0. The number of aliphatic carboxylic acids is 1. The molecule has 1 unspecified atom stereocenters. The van der Waals surface area contributed by atoms with Crippen molar-refractivity contribution < 1.29 is 19.5 Å². The number of carbonyl (C=O) groups excluding carboxylic acids is 2. The number of carboxylic acids is 1. The fraction of sp³-hybridized carbons (Fsp3) is 0.875. The molecule has 0 aliphatic heterocycles. The fourth-order valence-corrected chi connectivity index (χ4v) is 8.18. The van der Waals surface area contributed by atoms with E-state index in [1.54, 1.807) is 0 Å². The summed E-state index contributed by atoms with van der Waals surface area (Å²) in [6, 6.07) is 0. The van der Waals surface area contributed by atoms with Gasteiger partial charge in [-0.2, -0.15) is 0 Å². The molecule has 4 fully saturated rings. The lowest BCUT2D eigenvalue weighted by atomic mass is 9.44. The summed E-state index contributed by atoms with van der Waals surface area (Å²) >= 11 is 0. The molecule has 0 aromatic heterocycles. The van der Waals surface area contributed by atoms with Gasteiger partial charge in [0.15, 0.2) is 0 Å². The fourth-order valence-electron chi connectivity index (χ4n) is 8.18. The molecule has 4 nitrogen and oxygen atoms in total. The van der Waals surface area contributed by atoms with Gasteiger partial charge in [0.1, 0.15) is 11.6 Å². The van der Waals surface area contributed by atoms with Crippen LogP contribution in [0.25, 0.3) is 0 Å². The quantitative estimate of drug-likeness (QED) is 0.744. The topological polar surface area (TPSA) is 71.4 Å². The molecule has 28 heavy (non-hydrogen) atoms. The van der Waals surface area contributed by atoms with Crippen molar-refractivity contribution in [2.24, 2.45) is 46.3 Å². The van der Waals surface area contributed by atoms with Gasteiger partial charge in [0, 0.05) is 30.6 Å². The maximum atomic E-state index is 13.6. The van der Waals surface area contributed by atoms with E-state index < -0.39 is 11.4 Å². The Hall–Kier alpha value is -1.19. The second-order valence-electron chi connectivity index (χ2n) is 10.9. The molecule has 4 saturated carbocycles. The van der Waals surface area contributed by atoms with Crippen LogP contribution in [0, 0.1) is 46.3 Å². The Kier molecular flexibility index (Phi) is 4.99. The molecule has 0 spiro atoms. The molecule has 0 saturated heterocycles. The lowest BCUT2D eigenvalue weighted by molar-refractivity contribution is -0.165. The smallest absolute Gasteiger partial charge is 0.303 e. The van der Waals surface area contributed by atoms with Gasteiger partial charge in [0.05, 0.1) is 0 Å². The average molecular weight is 389 g/mol. The van der Waals surface area contributed by atoms with E-state index in [-0.39, 0.29) is 41.4 Å². The second kappa shape index (κ2) is 6.95. The summed E-state index contributed by atoms with van der Waals surface area (Å²) in [5.74, 6) is 1.39. The van der Waals surface area contributed by atoms with Gasteiger partial charge in [0.25, 0.3) is 0 Å². The van der Waals surface area contributed by atoms with Crippen LogP contribution in [0.1, 0.15) is 85.0 Å². The minimum Gasteiger partial charge on any atom is -0.481 e. The molecule has 0 radical (unpaired) electrons. The van der Waals surface area contributed by atoms with Gasteiger partial charge in [-0.3, -0.25) is 14.4 Å². The number of carboxylic acid groups (broad SMARTS) is 1. The maximum absolute atomic E-state index is 13.6. The molecule has 4 aliphatic carbocycles. The Balaban J connectivity index is 1.63. The standard InChI is InChI=1S/C24H36O4/c1-14(7-10-21(27)28)16-8-9-17-22-18(13-20(26)24(16,17)3)23(2)11-5-4-6-15(23)12-19(22)25/h14-18,22H,4-13H2,1-3H3,(H,27,28)/t14-,15?,16-,17+,18+,22+,23+,24-/m1/s1. The molecule has 0 heterocycles. The van der Waals surface area contributed by atoms with Crippen molar-refractivity contribution in [3.63, 3.8) is 0 Å². The molecule has 4 heteroatoms. The molecule has 0 amide bonds. The minimum atomic E-state index is -0.764. The molecule has 0 bridgehead atoms. The van der Waals surface area contributed by atoms with Crippen LogP contribution in [0.5, 0.6) is 0 Å². The van der Waals surface area contributed by atoms with Gasteiger partial charge in [-0.25, -0.2) is 0 Å². The van der Waals surface area contributed by atoms with Crippen molar-refractivity contribution in [3.05, 3.63) is 0 Å². The van der Waals surface area contributed by atoms with Crippen LogP contribution in [-0.2, 0) is 14.4 Å². The van der Waals surface area contributed by atoms with Gasteiger partial charge in [-0.15, -0.1) is 0 Å². The van der Waals surface area contributed by atoms with Crippen molar-refractivity contribution >= 4 is 17.5 Å². The highest BCUT2D eigenvalue weighted by atomic mass is 16.4. The van der Waals surface area contributed by atoms with E-state index in [9.17, 15) is 14.4 Å². The summed E-state index contributed by atoms with van der Waals surface area (Å²) < 4.78 is 0. The highest BCUT2D eigenvalue weighted by molar-refractivity contribution is 5.92. The molecule has 8 atom stereocenters. The average Bonchev–Trinajstić information content (AvgIpc) is 3.00. The molecule has 4 rings (SSSR count). The van der Waals surface area contributed by atoms with Crippen LogP contribution in [0.15, 0.2) is 0 Å². The highest BCUT2D eigenvalue weighted by Gasteiger charge is 2.65. The van der Waals surface area contributed by atoms with Gasteiger partial charge in [0.2, 0.25) is 0 Å². The van der Waals surface area contributed by atoms with E-state index in [1.165, 1.54) is 19.3 Å². The first-order valence-electron chi connectivity index (χ1n) is 11.5. The Morgan fingerprint density at radius 1 is 1.11 bits per heavy atom. The van der Waals surface area contributed by atoms with Crippen molar-refractivity contribution in [2.75, 3.05) is 0 Å². The van der Waals surface area contributed by atoms with E-state index in [2.05, 4.69) is 20.8 Å². The van der Waals surface area contributed by atoms with Crippen LogP contribution in [-0.4, -0.2) is 22.6 Å². The minimum absolute atomic E-state index is 0.0544. The first-order valence-corrected chi connectivity index (χ1v) is 11.5. The zero-order chi connectivity index (χ0) is 20.3. The van der Waals surface area contributed by atoms with Crippen LogP contribution in [0.2, 0.25) is 0 Å². The van der Waals surface area contributed by atoms with Crippen molar-refractivity contribution in [1.29, 1.82) is 0 Å². The Morgan fingerprint density at radius 3 is 2.57 bits per heavy atom. The first kappa shape index (κ1) is 20.1. The highest BCUT2D eigenvalue weighted by Crippen LogP contribution is 2.66. The maximum Gasteiger partial charge on any atom is 0.303 e. The Morgan fingerprint density at radius 2 is 1.86 bits per heavy atom. The van der Waals surface area contributed by atoms with Crippen LogP contribution >= 0.6 is 0 Å². The van der Waals surface area contributed by atoms with Crippen LogP contribution < -0.4 is 0 Å². The lowest BCUT2D eigenvalue weighted by Gasteiger charge is -2.59. The van der Waals surface area contributed by atoms with Gasteiger partial charge in [-0.1, -0.05) is 33.6 Å². The molecule has 0 aromatic carbocycles. The third-order valence-electron chi connectivity index (χ3n) is 9.82. The van der Waals surface area contributed by atoms with Crippen LogP contribution in [0.4, 0.5) is 0 Å². The Labute approximate surface area is 168 Å². The van der Waals surface area contributed by atoms with E-state index in [1.807, 2.05) is 0 Å². The number of hydrogen-bond acceptors (Lipinski definition) is 3. The lowest BCUT2D eigenvalue weighted by Crippen LogP contribution is -2.59. The summed E-state index contributed by atoms with van der Waals surface area (Å²) in [6.45, 7) is 6.61. The number of rotatable bonds is 4. The summed E-state index contributed by atoms with van der Waals surface area (Å²) in [6.07, 6.45) is 8.77. The summed E-state index contributed by atoms with van der Waals surface area (Å²) in [5, 5.41) is 9.07. The SMILES string of the molecule is C[C@H](CCC(=O)O)[C@H]1CC[C@H]2[C@@H]3C(=O)CC4CCCC[C@]4(C)[C@H]3CC(=O)[C@]12C. The van der Waals surface area contributed by atoms with E-state index in [4.69, 9.17) is 5.11 Å². The molecular weight excluding hydrogens is 352 g/mol. The van der Waals surface area contributed by atoms with Gasteiger partial charge < -0.3 is 5.11 Å². The largest absolute Gasteiger partial charge is 0.481 e. The molecular formula is C24H36O4. The molecule has 4 aliphatic rings. The normalized spacial score (nSPS) is 46.5. The first-order chi connectivity index (χ1) is 13.2. The van der Waals surface area contributed by atoms with E-state index >= 15 is 0 Å². The van der Waals surface area contributed by atoms with Gasteiger partial charge >= 0.3 is 5.97 Å². The van der Waals surface area contributed by atoms with Crippen molar-refractivity contribution in [3.8, 4) is 0 Å².